The van der Waals surface area contributed by atoms with Gasteiger partial charge < -0.3 is 4.74 Å². The van der Waals surface area contributed by atoms with Crippen LogP contribution in [0.3, 0.4) is 0 Å². The van der Waals surface area contributed by atoms with Crippen LogP contribution in [0.1, 0.15) is 25.7 Å². The van der Waals surface area contributed by atoms with Gasteiger partial charge in [0.15, 0.2) is 5.75 Å². The number of nitrogens with zero attached hydrogens (tertiary/aromatic N) is 1. The average molecular weight is 313 g/mol. The van der Waals surface area contributed by atoms with Crippen molar-refractivity contribution < 1.29 is 27.5 Å². The lowest BCUT2D eigenvalue weighted by molar-refractivity contribution is -0.122. The second-order valence-corrected chi connectivity index (χ2v) is 5.50. The highest BCUT2D eigenvalue weighted by atomic mass is 19.3. The van der Waals surface area contributed by atoms with Crippen molar-refractivity contribution in [3.63, 3.8) is 0 Å². The Labute approximate surface area is 124 Å². The van der Waals surface area contributed by atoms with Crippen molar-refractivity contribution in [1.82, 2.24) is 0 Å². The maximum Gasteiger partial charge on any atom is 0.387 e. The van der Waals surface area contributed by atoms with Gasteiger partial charge in [-0.2, -0.15) is 8.78 Å². The van der Waals surface area contributed by atoms with E-state index in [-0.39, 0.29) is 5.69 Å². The molecule has 1 aromatic rings. The van der Waals surface area contributed by atoms with E-state index in [4.69, 9.17) is 0 Å². The molecule has 1 saturated heterocycles. The molecule has 2 fully saturated rings. The van der Waals surface area contributed by atoms with Gasteiger partial charge in [0.25, 0.3) is 0 Å². The second kappa shape index (κ2) is 5.62. The zero-order chi connectivity index (χ0) is 15.9. The number of hydrogen-bond acceptors (Lipinski definition) is 3. The molecule has 1 aromatic carbocycles. The van der Waals surface area contributed by atoms with Crippen LogP contribution in [0.4, 0.5) is 18.9 Å². The summed E-state index contributed by atoms with van der Waals surface area (Å²) in [7, 11) is 0. The molecule has 2 amide bonds. The first kappa shape index (κ1) is 14.9. The highest BCUT2D eigenvalue weighted by Gasteiger charge is 2.49. The Balaban J connectivity index is 2.00. The molecule has 2 aliphatic rings. The van der Waals surface area contributed by atoms with Gasteiger partial charge in [0.2, 0.25) is 11.8 Å². The third-order valence-electron chi connectivity index (χ3n) is 4.22. The molecule has 1 aliphatic heterocycles. The molecule has 0 N–H and O–H groups in total. The Kier molecular flexibility index (Phi) is 3.80. The van der Waals surface area contributed by atoms with Crippen LogP contribution in [0, 0.1) is 17.7 Å². The minimum Gasteiger partial charge on any atom is -0.432 e. The Morgan fingerprint density at radius 3 is 2.23 bits per heavy atom. The van der Waals surface area contributed by atoms with Crippen LogP contribution in [0.2, 0.25) is 0 Å². The van der Waals surface area contributed by atoms with Gasteiger partial charge >= 0.3 is 6.61 Å². The smallest absolute Gasteiger partial charge is 0.387 e. The SMILES string of the molecule is O=C1[C@H]2CCCC[C@H]2C(=O)N1c1ccc(F)cc1OC(F)F. The van der Waals surface area contributed by atoms with Gasteiger partial charge in [-0.15, -0.1) is 0 Å². The third kappa shape index (κ3) is 2.44. The molecular formula is C15H14F3NO3. The van der Waals surface area contributed by atoms with Crippen LogP contribution in [0.5, 0.6) is 5.75 Å². The fourth-order valence-corrected chi connectivity index (χ4v) is 3.26. The molecule has 2 atom stereocenters. The number of carbonyl (C=O) groups excluding carboxylic acids is 2. The number of ether oxygens (including phenoxy) is 1. The summed E-state index contributed by atoms with van der Waals surface area (Å²) in [6.45, 7) is -3.17. The Bertz CT molecular complexity index is 596. The maximum atomic E-state index is 13.3. The lowest BCUT2D eigenvalue weighted by atomic mass is 9.81. The molecular weight excluding hydrogens is 299 g/mol. The van der Waals surface area contributed by atoms with E-state index in [1.807, 2.05) is 0 Å². The predicted molar refractivity (Wildman–Crippen MR) is 71.0 cm³/mol. The summed E-state index contributed by atoms with van der Waals surface area (Å²) in [6, 6.07) is 2.89. The van der Waals surface area contributed by atoms with Crippen LogP contribution >= 0.6 is 0 Å². The standard InChI is InChI=1S/C15H14F3NO3/c16-8-5-6-11(12(7-8)22-15(17)18)19-13(20)9-3-1-2-4-10(9)14(19)21/h5-7,9-10,15H,1-4H2/t9-,10+. The number of benzene rings is 1. The highest BCUT2D eigenvalue weighted by Crippen LogP contribution is 2.42. The quantitative estimate of drug-likeness (QED) is 0.806. The van der Waals surface area contributed by atoms with Crippen molar-refractivity contribution in [2.24, 2.45) is 11.8 Å². The van der Waals surface area contributed by atoms with Crippen LogP contribution < -0.4 is 9.64 Å². The number of carbonyl (C=O) groups is 2. The van der Waals surface area contributed by atoms with Crippen molar-refractivity contribution in [2.45, 2.75) is 32.3 Å². The molecule has 7 heteroatoms. The number of hydrogen-bond donors (Lipinski definition) is 0. The Hall–Kier alpha value is -2.05. The van der Waals surface area contributed by atoms with E-state index in [1.54, 1.807) is 0 Å². The summed E-state index contributed by atoms with van der Waals surface area (Å²) < 4.78 is 42.5. The van der Waals surface area contributed by atoms with Crippen LogP contribution in [0.25, 0.3) is 0 Å². The van der Waals surface area contributed by atoms with Crippen molar-refractivity contribution >= 4 is 17.5 Å². The van der Waals surface area contributed by atoms with Gasteiger partial charge in [-0.05, 0) is 25.0 Å². The number of anilines is 1. The van der Waals surface area contributed by atoms with Crippen molar-refractivity contribution in [1.29, 1.82) is 0 Å². The van der Waals surface area contributed by atoms with Gasteiger partial charge in [0.05, 0.1) is 17.5 Å². The van der Waals surface area contributed by atoms with Crippen molar-refractivity contribution in [3.8, 4) is 5.75 Å². The predicted octanol–water partition coefficient (Wildman–Crippen LogP) is 3.11. The summed E-state index contributed by atoms with van der Waals surface area (Å²) in [4.78, 5) is 25.8. The lowest BCUT2D eigenvalue weighted by Gasteiger charge is -2.19. The average Bonchev–Trinajstić information content (AvgIpc) is 2.72. The van der Waals surface area contributed by atoms with Gasteiger partial charge in [-0.1, -0.05) is 12.8 Å². The van der Waals surface area contributed by atoms with Crippen LogP contribution in [0.15, 0.2) is 18.2 Å². The summed E-state index contributed by atoms with van der Waals surface area (Å²) >= 11 is 0. The van der Waals surface area contributed by atoms with E-state index < -0.39 is 41.8 Å². The molecule has 0 aromatic heterocycles. The molecule has 3 rings (SSSR count). The maximum absolute atomic E-state index is 13.3. The molecule has 1 saturated carbocycles. The molecule has 0 radical (unpaired) electrons. The van der Waals surface area contributed by atoms with Gasteiger partial charge in [-0.3, -0.25) is 9.59 Å². The lowest BCUT2D eigenvalue weighted by Crippen LogP contribution is -2.31. The molecule has 22 heavy (non-hydrogen) atoms. The van der Waals surface area contributed by atoms with Gasteiger partial charge in [0.1, 0.15) is 5.82 Å². The van der Waals surface area contributed by atoms with Crippen LogP contribution in [-0.4, -0.2) is 18.4 Å². The fraction of sp³-hybridized carbons (Fsp3) is 0.467. The first-order valence-corrected chi connectivity index (χ1v) is 7.11. The van der Waals surface area contributed by atoms with E-state index in [1.165, 1.54) is 0 Å². The monoisotopic (exact) mass is 313 g/mol. The van der Waals surface area contributed by atoms with Gasteiger partial charge in [0, 0.05) is 6.07 Å². The van der Waals surface area contributed by atoms with Crippen molar-refractivity contribution in [3.05, 3.63) is 24.0 Å². The minimum absolute atomic E-state index is 0.119. The molecule has 0 bridgehead atoms. The van der Waals surface area contributed by atoms with E-state index >= 15 is 0 Å². The first-order chi connectivity index (χ1) is 10.5. The largest absolute Gasteiger partial charge is 0.432 e. The number of rotatable bonds is 3. The molecule has 0 unspecified atom stereocenters. The van der Waals surface area contributed by atoms with Crippen LogP contribution in [-0.2, 0) is 9.59 Å². The summed E-state index contributed by atoms with van der Waals surface area (Å²) in [5.74, 6) is -2.94. The van der Waals surface area contributed by atoms with Gasteiger partial charge in [-0.25, -0.2) is 9.29 Å². The number of halogens is 3. The fourth-order valence-electron chi connectivity index (χ4n) is 3.26. The summed E-state index contributed by atoms with van der Waals surface area (Å²) in [5, 5.41) is 0. The number of fused-ring (bicyclic) bond motifs is 1. The Morgan fingerprint density at radius 1 is 1.09 bits per heavy atom. The molecule has 1 heterocycles. The first-order valence-electron chi connectivity index (χ1n) is 7.11. The molecule has 4 nitrogen and oxygen atoms in total. The molecule has 0 spiro atoms. The number of amides is 2. The normalized spacial score (nSPS) is 24.8. The van der Waals surface area contributed by atoms with E-state index in [0.29, 0.717) is 12.8 Å². The Morgan fingerprint density at radius 2 is 1.68 bits per heavy atom. The highest BCUT2D eigenvalue weighted by molar-refractivity contribution is 6.22. The zero-order valence-corrected chi connectivity index (χ0v) is 11.6. The summed E-state index contributed by atoms with van der Waals surface area (Å²) in [6.07, 6.45) is 2.94. The topological polar surface area (TPSA) is 46.6 Å². The number of alkyl halides is 2. The second-order valence-electron chi connectivity index (χ2n) is 5.50. The number of imide groups is 1. The molecule has 118 valence electrons. The minimum atomic E-state index is -3.17. The molecule has 1 aliphatic carbocycles. The third-order valence-corrected chi connectivity index (χ3v) is 4.22. The van der Waals surface area contributed by atoms with E-state index in [9.17, 15) is 22.8 Å². The summed E-state index contributed by atoms with van der Waals surface area (Å²) in [5.41, 5.74) is -0.119. The van der Waals surface area contributed by atoms with Crippen molar-refractivity contribution in [2.75, 3.05) is 4.90 Å². The van der Waals surface area contributed by atoms with E-state index in [0.717, 1.165) is 35.9 Å². The zero-order valence-electron chi connectivity index (χ0n) is 11.6. The van der Waals surface area contributed by atoms with E-state index in [2.05, 4.69) is 4.74 Å².